The van der Waals surface area contributed by atoms with Crippen LogP contribution in [-0.4, -0.2) is 72.1 Å². The number of ether oxygens (including phenoxy) is 1. The van der Waals surface area contributed by atoms with Crippen molar-refractivity contribution in [2.75, 3.05) is 61.1 Å². The zero-order valence-corrected chi connectivity index (χ0v) is 25.0. The fraction of sp³-hybridized carbons (Fsp3) is 0.345. The third-order valence-corrected chi connectivity index (χ3v) is 8.67. The molecule has 0 aliphatic carbocycles. The molecule has 208 valence electrons. The summed E-state index contributed by atoms with van der Waals surface area (Å²) in [4.78, 5) is 28.6. The van der Waals surface area contributed by atoms with Crippen LogP contribution in [0.5, 0.6) is 0 Å². The lowest BCUT2D eigenvalue weighted by atomic mass is 10.00. The molecule has 3 unspecified atom stereocenters. The molecule has 1 aromatic carbocycles. The molecule has 3 atom stereocenters. The number of aromatic nitrogens is 3. The number of nitrogens with zero attached hydrogens (tertiary/aromatic N) is 6. The number of halogens is 1. The van der Waals surface area contributed by atoms with Crippen LogP contribution in [0.15, 0.2) is 55.1 Å². The number of hydrogen-bond donors (Lipinski definition) is 0. The first kappa shape index (κ1) is 27.1. The number of imidazole rings is 1. The lowest BCUT2D eigenvalue weighted by molar-refractivity contribution is 0.0993. The highest BCUT2D eigenvalue weighted by molar-refractivity contribution is 7.28. The minimum Gasteiger partial charge on any atom is -0.378 e. The van der Waals surface area contributed by atoms with Crippen molar-refractivity contribution >= 4 is 52.5 Å². The number of pyridine rings is 2. The topological polar surface area (TPSA) is 66.2 Å². The standard InChI is InChI=1S/C29H33FN6O2P2/c1-19-13-25(39)23(33(2)28(37)20-3-5-31-26(15-20)36-7-4-29(30,40)18-36)16-22(19)21-14-24(34-9-11-38-12-10-34)27-32-6-8-35(27)17-21/h3,5-6,8,13-17H,4,7,9-12,18,39-40H2,1-2H3. The molecule has 8 nitrogen and oxygen atoms in total. The Morgan fingerprint density at radius 3 is 2.65 bits per heavy atom. The van der Waals surface area contributed by atoms with Crippen molar-refractivity contribution in [3.8, 4) is 11.1 Å². The van der Waals surface area contributed by atoms with Gasteiger partial charge in [0.1, 0.15) is 11.2 Å². The van der Waals surface area contributed by atoms with Gasteiger partial charge in [0, 0.05) is 69.0 Å². The molecule has 3 aromatic heterocycles. The number of morpholine rings is 1. The van der Waals surface area contributed by atoms with Crippen LogP contribution in [0.4, 0.5) is 21.6 Å². The summed E-state index contributed by atoms with van der Waals surface area (Å²) in [6, 6.07) is 9.82. The van der Waals surface area contributed by atoms with Gasteiger partial charge in [-0.15, -0.1) is 9.24 Å². The summed E-state index contributed by atoms with van der Waals surface area (Å²) in [5, 5.41) is -0.403. The lowest BCUT2D eigenvalue weighted by Crippen LogP contribution is -2.36. The van der Waals surface area contributed by atoms with E-state index in [0.717, 1.165) is 52.1 Å². The van der Waals surface area contributed by atoms with Crippen molar-refractivity contribution in [2.24, 2.45) is 0 Å². The molecular formula is C29H33FN6O2P2. The Balaban J connectivity index is 1.34. The van der Waals surface area contributed by atoms with Crippen molar-refractivity contribution in [2.45, 2.75) is 18.8 Å². The van der Waals surface area contributed by atoms with Gasteiger partial charge in [-0.1, -0.05) is 9.24 Å². The summed E-state index contributed by atoms with van der Waals surface area (Å²) in [5.41, 5.74) is 6.48. The van der Waals surface area contributed by atoms with E-state index in [1.807, 2.05) is 17.3 Å². The molecule has 0 N–H and O–H groups in total. The van der Waals surface area contributed by atoms with E-state index in [1.54, 1.807) is 30.3 Å². The number of hydrogen-bond acceptors (Lipinski definition) is 6. The molecule has 40 heavy (non-hydrogen) atoms. The van der Waals surface area contributed by atoms with Gasteiger partial charge in [0.25, 0.3) is 5.91 Å². The highest BCUT2D eigenvalue weighted by Crippen LogP contribution is 2.35. The van der Waals surface area contributed by atoms with Gasteiger partial charge in [0.05, 0.1) is 31.1 Å². The van der Waals surface area contributed by atoms with E-state index in [-0.39, 0.29) is 12.5 Å². The van der Waals surface area contributed by atoms with E-state index in [0.29, 0.717) is 37.6 Å². The van der Waals surface area contributed by atoms with Gasteiger partial charge in [-0.05, 0) is 53.7 Å². The summed E-state index contributed by atoms with van der Waals surface area (Å²) < 4.78 is 22.0. The van der Waals surface area contributed by atoms with E-state index in [1.165, 1.54) is 0 Å². The van der Waals surface area contributed by atoms with Crippen molar-refractivity contribution in [1.82, 2.24) is 14.4 Å². The normalized spacial score (nSPS) is 19.4. The van der Waals surface area contributed by atoms with Crippen LogP contribution < -0.4 is 20.0 Å². The quantitative estimate of drug-likeness (QED) is 0.333. The van der Waals surface area contributed by atoms with E-state index >= 15 is 0 Å². The number of anilines is 3. The minimum absolute atomic E-state index is 0.155. The SMILES string of the molecule is Cc1cc(P)c(N(C)C(=O)c2ccnc(N3CCC(F)(P)C3)c2)cc1-c1cc(N2CCOCC2)c2nccn2c1. The summed E-state index contributed by atoms with van der Waals surface area (Å²) >= 11 is 0. The lowest BCUT2D eigenvalue weighted by Gasteiger charge is -2.29. The maximum absolute atomic E-state index is 14.4. The van der Waals surface area contributed by atoms with Crippen molar-refractivity contribution in [1.29, 1.82) is 0 Å². The van der Waals surface area contributed by atoms with Crippen molar-refractivity contribution in [3.63, 3.8) is 0 Å². The third-order valence-electron chi connectivity index (χ3n) is 7.74. The highest BCUT2D eigenvalue weighted by atomic mass is 31.0. The van der Waals surface area contributed by atoms with Crippen LogP contribution in [0.2, 0.25) is 0 Å². The van der Waals surface area contributed by atoms with Gasteiger partial charge in [0.15, 0.2) is 5.65 Å². The second-order valence-electron chi connectivity index (χ2n) is 10.6. The molecule has 0 bridgehead atoms. The molecule has 11 heteroatoms. The predicted octanol–water partition coefficient (Wildman–Crippen LogP) is 4.07. The minimum atomic E-state index is -1.33. The maximum atomic E-state index is 14.4. The number of alkyl halides is 1. The van der Waals surface area contributed by atoms with E-state index in [9.17, 15) is 9.18 Å². The number of benzene rings is 1. The number of carbonyl (C=O) groups excluding carboxylic acids is 1. The highest BCUT2D eigenvalue weighted by Gasteiger charge is 2.34. The molecule has 0 radical (unpaired) electrons. The molecule has 6 rings (SSSR count). The summed E-state index contributed by atoms with van der Waals surface area (Å²) in [7, 11) is 6.84. The van der Waals surface area contributed by atoms with E-state index in [4.69, 9.17) is 4.74 Å². The zero-order valence-electron chi connectivity index (χ0n) is 22.7. The van der Waals surface area contributed by atoms with Crippen LogP contribution in [0, 0.1) is 6.92 Å². The Morgan fingerprint density at radius 2 is 1.90 bits per heavy atom. The number of carbonyl (C=O) groups is 1. The molecular weight excluding hydrogens is 545 g/mol. The monoisotopic (exact) mass is 578 g/mol. The number of fused-ring (bicyclic) bond motifs is 1. The second kappa shape index (κ2) is 10.7. The van der Waals surface area contributed by atoms with Crippen LogP contribution in [-0.2, 0) is 4.74 Å². The summed E-state index contributed by atoms with van der Waals surface area (Å²) in [6.07, 6.45) is 7.90. The Morgan fingerprint density at radius 1 is 1.10 bits per heavy atom. The maximum Gasteiger partial charge on any atom is 0.258 e. The van der Waals surface area contributed by atoms with Crippen LogP contribution in [0.25, 0.3) is 16.8 Å². The Labute approximate surface area is 237 Å². The van der Waals surface area contributed by atoms with Crippen molar-refractivity contribution in [3.05, 3.63) is 66.2 Å². The van der Waals surface area contributed by atoms with Gasteiger partial charge in [-0.3, -0.25) is 4.79 Å². The first-order valence-corrected chi connectivity index (χ1v) is 14.5. The largest absolute Gasteiger partial charge is 0.378 e. The molecule has 0 saturated carbocycles. The zero-order chi connectivity index (χ0) is 28.0. The number of amides is 1. The number of aryl methyl sites for hydroxylation is 1. The molecule has 2 aliphatic rings. The number of rotatable bonds is 5. The summed E-state index contributed by atoms with van der Waals surface area (Å²) in [5.74, 6) is 0.457. The van der Waals surface area contributed by atoms with Gasteiger partial charge in [-0.2, -0.15) is 0 Å². The van der Waals surface area contributed by atoms with Crippen LogP contribution >= 0.6 is 18.5 Å². The second-order valence-corrected chi connectivity index (χ2v) is 12.2. The fourth-order valence-electron chi connectivity index (χ4n) is 5.54. The first-order chi connectivity index (χ1) is 19.2. The molecule has 1 amide bonds. The molecule has 0 spiro atoms. The van der Waals surface area contributed by atoms with E-state index in [2.05, 4.69) is 69.1 Å². The van der Waals surface area contributed by atoms with Gasteiger partial charge < -0.3 is 23.8 Å². The Kier molecular flexibility index (Phi) is 7.24. The van der Waals surface area contributed by atoms with Crippen LogP contribution in [0.1, 0.15) is 22.3 Å². The van der Waals surface area contributed by atoms with Gasteiger partial charge in [0.2, 0.25) is 0 Å². The molecule has 2 saturated heterocycles. The fourth-order valence-corrected chi connectivity index (χ4v) is 6.41. The summed E-state index contributed by atoms with van der Waals surface area (Å²) in [6.45, 7) is 5.89. The molecule has 4 aromatic rings. The smallest absolute Gasteiger partial charge is 0.258 e. The van der Waals surface area contributed by atoms with Crippen LogP contribution in [0.3, 0.4) is 0 Å². The average molecular weight is 579 g/mol. The molecule has 2 fully saturated rings. The average Bonchev–Trinajstić information content (AvgIpc) is 3.58. The molecule has 2 aliphatic heterocycles. The predicted molar refractivity (Wildman–Crippen MR) is 165 cm³/mol. The first-order valence-electron chi connectivity index (χ1n) is 13.4. The van der Waals surface area contributed by atoms with Gasteiger partial charge >= 0.3 is 0 Å². The molecule has 5 heterocycles. The third kappa shape index (κ3) is 5.18. The Bertz CT molecular complexity index is 1590. The van der Waals surface area contributed by atoms with Gasteiger partial charge in [-0.25, -0.2) is 14.4 Å². The Hall–Kier alpha value is -3.12. The van der Waals surface area contributed by atoms with E-state index < -0.39 is 5.41 Å². The van der Waals surface area contributed by atoms with Crippen molar-refractivity contribution < 1.29 is 13.9 Å².